The maximum atomic E-state index is 10.4. The number of aldehydes is 1. The molecule has 0 fully saturated rings. The first kappa shape index (κ1) is 8.01. The number of ether oxygens (including phenoxy) is 1. The maximum Gasteiger partial charge on any atom is 0.171 e. The van der Waals surface area contributed by atoms with Gasteiger partial charge in [0.1, 0.15) is 0 Å². The third kappa shape index (κ3) is 1.49. The molecule has 0 unspecified atom stereocenters. The van der Waals surface area contributed by atoms with Gasteiger partial charge in [0.05, 0.1) is 12.7 Å². The number of carbonyl (C=O) groups is 1. The Balaban J connectivity index is 3.23. The number of halogens is 1. The Hall–Kier alpha value is -1.09. The van der Waals surface area contributed by atoms with Crippen LogP contribution in [0.15, 0.2) is 12.3 Å². The minimum Gasteiger partial charge on any atom is -0.493 e. The van der Waals surface area contributed by atoms with Crippen molar-refractivity contribution in [1.29, 1.82) is 0 Å². The highest BCUT2D eigenvalue weighted by atomic mass is 35.5. The summed E-state index contributed by atoms with van der Waals surface area (Å²) in [6.07, 6.45) is 2.13. The Morgan fingerprint density at radius 2 is 2.45 bits per heavy atom. The lowest BCUT2D eigenvalue weighted by Crippen LogP contribution is -1.92. The summed E-state index contributed by atoms with van der Waals surface area (Å²) in [5.41, 5.74) is 0.410. The van der Waals surface area contributed by atoms with E-state index < -0.39 is 0 Å². The Morgan fingerprint density at radius 1 is 1.73 bits per heavy atom. The van der Waals surface area contributed by atoms with Crippen molar-refractivity contribution in [3.63, 3.8) is 0 Å². The molecule has 0 spiro atoms. The zero-order valence-corrected chi connectivity index (χ0v) is 6.63. The highest BCUT2D eigenvalue weighted by molar-refractivity contribution is 6.31. The standard InChI is InChI=1S/C7H6ClNO2/c1-11-6-5(4-10)2-3-9-7(6)8/h2-4H,1H3. The molecule has 0 amide bonds. The summed E-state index contributed by atoms with van der Waals surface area (Å²) >= 11 is 5.61. The van der Waals surface area contributed by atoms with Crippen LogP contribution in [0, 0.1) is 0 Å². The van der Waals surface area contributed by atoms with Crippen molar-refractivity contribution < 1.29 is 9.53 Å². The lowest BCUT2D eigenvalue weighted by molar-refractivity contribution is 0.112. The van der Waals surface area contributed by atoms with Gasteiger partial charge in [0.15, 0.2) is 17.2 Å². The summed E-state index contributed by atoms with van der Waals surface area (Å²) in [5, 5.41) is 0.206. The van der Waals surface area contributed by atoms with Crippen LogP contribution in [0.25, 0.3) is 0 Å². The van der Waals surface area contributed by atoms with Crippen LogP contribution in [-0.4, -0.2) is 18.4 Å². The van der Waals surface area contributed by atoms with Crippen molar-refractivity contribution in [3.8, 4) is 5.75 Å². The summed E-state index contributed by atoms with van der Waals surface area (Å²) in [7, 11) is 1.44. The first-order valence-corrected chi connectivity index (χ1v) is 3.31. The second-order valence-electron chi connectivity index (χ2n) is 1.84. The van der Waals surface area contributed by atoms with Crippen LogP contribution in [0.1, 0.15) is 10.4 Å². The molecule has 1 aromatic heterocycles. The Morgan fingerprint density at radius 3 is 2.91 bits per heavy atom. The second-order valence-corrected chi connectivity index (χ2v) is 2.20. The number of methoxy groups -OCH3 is 1. The van der Waals surface area contributed by atoms with E-state index >= 15 is 0 Å². The number of aromatic nitrogens is 1. The van der Waals surface area contributed by atoms with Crippen LogP contribution in [0.5, 0.6) is 5.75 Å². The van der Waals surface area contributed by atoms with E-state index in [0.717, 1.165) is 0 Å². The van der Waals surface area contributed by atoms with Gasteiger partial charge in [0.2, 0.25) is 0 Å². The molecule has 1 heterocycles. The molecular weight excluding hydrogens is 166 g/mol. The van der Waals surface area contributed by atoms with E-state index in [1.807, 2.05) is 0 Å². The normalized spacial score (nSPS) is 9.27. The summed E-state index contributed by atoms with van der Waals surface area (Å²) in [6, 6.07) is 1.54. The molecule has 0 N–H and O–H groups in total. The van der Waals surface area contributed by atoms with Crippen LogP contribution >= 0.6 is 11.6 Å². The molecule has 0 aliphatic heterocycles. The molecule has 1 aromatic rings. The molecule has 0 aromatic carbocycles. The van der Waals surface area contributed by atoms with Crippen molar-refractivity contribution in [2.45, 2.75) is 0 Å². The third-order valence-corrected chi connectivity index (χ3v) is 1.49. The molecule has 0 saturated heterocycles. The van der Waals surface area contributed by atoms with E-state index in [1.54, 1.807) is 0 Å². The van der Waals surface area contributed by atoms with Gasteiger partial charge >= 0.3 is 0 Å². The number of carbonyl (C=O) groups excluding carboxylic acids is 1. The summed E-state index contributed by atoms with van der Waals surface area (Å²) in [5.74, 6) is 0.323. The first-order chi connectivity index (χ1) is 5.29. The number of rotatable bonds is 2. The van der Waals surface area contributed by atoms with Gasteiger partial charge in [-0.3, -0.25) is 4.79 Å². The molecule has 0 aliphatic rings. The van der Waals surface area contributed by atoms with Gasteiger partial charge < -0.3 is 4.74 Å². The predicted molar refractivity (Wildman–Crippen MR) is 41.2 cm³/mol. The topological polar surface area (TPSA) is 39.2 Å². The zero-order chi connectivity index (χ0) is 8.27. The highest BCUT2D eigenvalue weighted by Gasteiger charge is 2.05. The van der Waals surface area contributed by atoms with E-state index in [0.29, 0.717) is 17.6 Å². The van der Waals surface area contributed by atoms with E-state index in [1.165, 1.54) is 19.4 Å². The molecule has 0 atom stereocenters. The monoisotopic (exact) mass is 171 g/mol. The summed E-state index contributed by atoms with van der Waals surface area (Å²) < 4.78 is 4.84. The molecular formula is C7H6ClNO2. The summed E-state index contributed by atoms with van der Waals surface area (Å²) in [4.78, 5) is 14.1. The minimum atomic E-state index is 0.206. The first-order valence-electron chi connectivity index (χ1n) is 2.93. The lowest BCUT2D eigenvalue weighted by atomic mass is 10.3. The van der Waals surface area contributed by atoms with E-state index in [9.17, 15) is 4.79 Å². The van der Waals surface area contributed by atoms with Gasteiger partial charge in [-0.2, -0.15) is 0 Å². The molecule has 4 heteroatoms. The van der Waals surface area contributed by atoms with Crippen molar-refractivity contribution in [2.75, 3.05) is 7.11 Å². The van der Waals surface area contributed by atoms with E-state index in [4.69, 9.17) is 16.3 Å². The van der Waals surface area contributed by atoms with Gasteiger partial charge in [0, 0.05) is 6.20 Å². The number of pyridine rings is 1. The van der Waals surface area contributed by atoms with Crippen LogP contribution in [0.4, 0.5) is 0 Å². The van der Waals surface area contributed by atoms with Crippen LogP contribution < -0.4 is 4.74 Å². The van der Waals surface area contributed by atoms with Crippen LogP contribution in [0.3, 0.4) is 0 Å². The molecule has 3 nitrogen and oxygen atoms in total. The van der Waals surface area contributed by atoms with Crippen LogP contribution in [-0.2, 0) is 0 Å². The second kappa shape index (κ2) is 3.34. The van der Waals surface area contributed by atoms with Gasteiger partial charge in [-0.25, -0.2) is 4.98 Å². The fourth-order valence-electron chi connectivity index (χ4n) is 0.731. The van der Waals surface area contributed by atoms with E-state index in [-0.39, 0.29) is 5.15 Å². The molecule has 0 bridgehead atoms. The van der Waals surface area contributed by atoms with Crippen molar-refractivity contribution in [1.82, 2.24) is 4.98 Å². The maximum absolute atomic E-state index is 10.4. The fraction of sp³-hybridized carbons (Fsp3) is 0.143. The third-order valence-electron chi connectivity index (χ3n) is 1.22. The quantitative estimate of drug-likeness (QED) is 0.501. The summed E-state index contributed by atoms with van der Waals surface area (Å²) in [6.45, 7) is 0. The van der Waals surface area contributed by atoms with Crippen molar-refractivity contribution >= 4 is 17.9 Å². The SMILES string of the molecule is COc1c(C=O)ccnc1Cl. The smallest absolute Gasteiger partial charge is 0.171 e. The van der Waals surface area contributed by atoms with E-state index in [2.05, 4.69) is 4.98 Å². The molecule has 0 radical (unpaired) electrons. The average Bonchev–Trinajstić information content (AvgIpc) is 2.04. The zero-order valence-electron chi connectivity index (χ0n) is 5.87. The molecule has 11 heavy (non-hydrogen) atoms. The number of hydrogen-bond donors (Lipinski definition) is 0. The average molecular weight is 172 g/mol. The number of nitrogens with zero attached hydrogens (tertiary/aromatic N) is 1. The largest absolute Gasteiger partial charge is 0.493 e. The Bertz CT molecular complexity index is 275. The van der Waals surface area contributed by atoms with Crippen molar-refractivity contribution in [2.24, 2.45) is 0 Å². The van der Waals surface area contributed by atoms with Crippen molar-refractivity contribution in [3.05, 3.63) is 23.0 Å². The molecule has 1 rings (SSSR count). The molecule has 0 aliphatic carbocycles. The molecule has 58 valence electrons. The Labute approximate surface area is 69.0 Å². The number of hydrogen-bond acceptors (Lipinski definition) is 3. The van der Waals surface area contributed by atoms with Gasteiger partial charge in [-0.1, -0.05) is 11.6 Å². The Kier molecular flexibility index (Phi) is 2.44. The minimum absolute atomic E-state index is 0.206. The predicted octanol–water partition coefficient (Wildman–Crippen LogP) is 1.56. The van der Waals surface area contributed by atoms with Gasteiger partial charge in [-0.15, -0.1) is 0 Å². The van der Waals surface area contributed by atoms with Gasteiger partial charge in [-0.05, 0) is 6.07 Å². The molecule has 0 saturated carbocycles. The fourth-order valence-corrected chi connectivity index (χ4v) is 0.974. The lowest BCUT2D eigenvalue weighted by Gasteiger charge is -2.02. The highest BCUT2D eigenvalue weighted by Crippen LogP contribution is 2.23. The van der Waals surface area contributed by atoms with Crippen LogP contribution in [0.2, 0.25) is 5.15 Å². The van der Waals surface area contributed by atoms with Gasteiger partial charge in [0.25, 0.3) is 0 Å².